The Hall–Kier alpha value is -4.72. The first-order valence-corrected chi connectivity index (χ1v) is 19.1. The van der Waals surface area contributed by atoms with Gasteiger partial charge in [0.05, 0.1) is 13.2 Å². The van der Waals surface area contributed by atoms with Crippen molar-refractivity contribution in [1.29, 1.82) is 0 Å². The Balaban J connectivity index is 2.64. The second kappa shape index (κ2) is 22.5. The van der Waals surface area contributed by atoms with Gasteiger partial charge in [0.25, 0.3) is 0 Å². The van der Waals surface area contributed by atoms with Gasteiger partial charge in [-0.1, -0.05) is 40.0 Å². The fourth-order valence-electron chi connectivity index (χ4n) is 5.66. The van der Waals surface area contributed by atoms with Crippen LogP contribution >= 0.6 is 11.8 Å². The van der Waals surface area contributed by atoms with Crippen LogP contribution in [0.4, 0.5) is 0 Å². The van der Waals surface area contributed by atoms with E-state index in [1.165, 1.54) is 18.5 Å². The zero-order valence-corrected chi connectivity index (χ0v) is 32.0. The molecule has 2 aliphatic heterocycles. The van der Waals surface area contributed by atoms with Gasteiger partial charge in [-0.05, 0) is 37.5 Å². The molecule has 1 spiro atoms. The summed E-state index contributed by atoms with van der Waals surface area (Å²) in [5.41, 5.74) is 3.20. The Labute approximate surface area is 318 Å². The van der Waals surface area contributed by atoms with Crippen molar-refractivity contribution >= 4 is 64.9 Å². The maximum absolute atomic E-state index is 14.5. The minimum atomic E-state index is -2.12. The highest BCUT2D eigenvalue weighted by atomic mass is 32.2. The quantitative estimate of drug-likeness (QED) is 0.0817. The summed E-state index contributed by atoms with van der Waals surface area (Å²) in [6.45, 7) is 5.65. The molecule has 0 aromatic heterocycles. The lowest BCUT2D eigenvalue weighted by Gasteiger charge is -2.37. The number of rotatable bonds is 14. The zero-order valence-electron chi connectivity index (χ0n) is 31.2. The first-order valence-electron chi connectivity index (χ1n) is 18.1. The molecule has 9 amide bonds. The van der Waals surface area contributed by atoms with Gasteiger partial charge in [0, 0.05) is 31.2 Å². The number of primary amides is 1. The molecule has 1 saturated heterocycles. The Morgan fingerprint density at radius 3 is 2.28 bits per heavy atom. The molecule has 0 aliphatic carbocycles. The van der Waals surface area contributed by atoms with Crippen molar-refractivity contribution in [2.75, 3.05) is 18.9 Å². The molecule has 0 aromatic rings. The lowest BCUT2D eigenvalue weighted by Crippen LogP contribution is -2.67. The third kappa shape index (κ3) is 15.0. The zero-order chi connectivity index (χ0) is 40.4. The average Bonchev–Trinajstić information content (AvgIpc) is 3.11. The Kier molecular flexibility index (Phi) is 18.9. The molecule has 19 nitrogen and oxygen atoms in total. The van der Waals surface area contributed by atoms with Gasteiger partial charge >= 0.3 is 0 Å². The van der Waals surface area contributed by atoms with Gasteiger partial charge in [-0.15, -0.1) is 11.8 Å². The van der Waals surface area contributed by atoms with Crippen molar-refractivity contribution in [3.05, 3.63) is 11.6 Å². The highest BCUT2D eigenvalue weighted by Gasteiger charge is 2.46. The van der Waals surface area contributed by atoms with E-state index in [2.05, 4.69) is 42.5 Å². The summed E-state index contributed by atoms with van der Waals surface area (Å²) in [5.74, 6) is -7.66. The minimum Gasteiger partial charge on any atom is -0.394 e. The number of nitrogens with two attached hydrogens (primary N) is 1. The second-order valence-corrected chi connectivity index (χ2v) is 14.7. The van der Waals surface area contributed by atoms with Crippen LogP contribution in [0.5, 0.6) is 0 Å². The number of nitrogens with one attached hydrogen (secondary N) is 8. The molecule has 11 N–H and O–H groups in total. The van der Waals surface area contributed by atoms with E-state index in [9.17, 15) is 48.3 Å². The third-order valence-electron chi connectivity index (χ3n) is 8.63. The molecule has 0 radical (unpaired) electrons. The first-order chi connectivity index (χ1) is 25.5. The number of aliphatic hydroxyl groups excluding tert-OH is 1. The highest BCUT2D eigenvalue weighted by molar-refractivity contribution is 8.02. The van der Waals surface area contributed by atoms with E-state index in [4.69, 9.17) is 5.73 Å². The van der Waals surface area contributed by atoms with Crippen molar-refractivity contribution in [2.45, 2.75) is 121 Å². The number of aliphatic hydroxyl groups is 1. The van der Waals surface area contributed by atoms with Gasteiger partial charge in [0.2, 0.25) is 53.2 Å². The summed E-state index contributed by atoms with van der Waals surface area (Å²) in [6.07, 6.45) is 3.51. The van der Waals surface area contributed by atoms with Crippen molar-refractivity contribution in [1.82, 2.24) is 42.5 Å². The van der Waals surface area contributed by atoms with Crippen LogP contribution in [0.15, 0.2) is 11.6 Å². The normalized spacial score (nSPS) is 25.7. The maximum atomic E-state index is 14.5. The van der Waals surface area contributed by atoms with E-state index in [1.807, 2.05) is 20.8 Å². The smallest absolute Gasteiger partial charge is 0.248 e. The number of amides is 9. The van der Waals surface area contributed by atoms with Crippen LogP contribution in [0.2, 0.25) is 0 Å². The Morgan fingerprint density at radius 1 is 0.926 bits per heavy atom. The average molecular weight is 782 g/mol. The molecule has 2 aliphatic rings. The summed E-state index contributed by atoms with van der Waals surface area (Å²) < 4.78 is 0. The SMILES string of the molecule is CCCCCCC(=O)NC(C)C(=O)NC1CC2(CS/C=C\NC(=O)C(CO)NC(=O)C(CCC(N)=O)NC2=O)NC(=O)CNC(=O)C(CC(C)C)NC1=O. The predicted molar refractivity (Wildman–Crippen MR) is 197 cm³/mol. The van der Waals surface area contributed by atoms with Crippen molar-refractivity contribution in [2.24, 2.45) is 11.7 Å². The number of carbonyl (C=O) groups is 9. The summed E-state index contributed by atoms with van der Waals surface area (Å²) in [6, 6.07) is -6.86. The summed E-state index contributed by atoms with van der Waals surface area (Å²) >= 11 is 0.906. The fourth-order valence-corrected chi connectivity index (χ4v) is 6.52. The number of hydrogen-bond acceptors (Lipinski definition) is 11. The molecule has 0 aromatic carbocycles. The summed E-state index contributed by atoms with van der Waals surface area (Å²) in [5, 5.41) is 31.2. The van der Waals surface area contributed by atoms with Crippen molar-refractivity contribution in [3.8, 4) is 0 Å². The van der Waals surface area contributed by atoms with Crippen LogP contribution in [-0.4, -0.2) is 113 Å². The van der Waals surface area contributed by atoms with Gasteiger partial charge in [0.15, 0.2) is 0 Å². The van der Waals surface area contributed by atoms with Crippen molar-refractivity contribution < 1.29 is 48.3 Å². The fraction of sp³-hybridized carbons (Fsp3) is 0.676. The summed E-state index contributed by atoms with van der Waals surface area (Å²) in [7, 11) is 0. The number of hydrogen-bond donors (Lipinski definition) is 10. The van der Waals surface area contributed by atoms with Gasteiger partial charge in [0.1, 0.15) is 35.7 Å². The first kappa shape index (κ1) is 45.4. The van der Waals surface area contributed by atoms with E-state index < -0.39 is 109 Å². The van der Waals surface area contributed by atoms with Crippen LogP contribution in [0.25, 0.3) is 0 Å². The lowest BCUT2D eigenvalue weighted by atomic mass is 9.89. The molecule has 6 atom stereocenters. The third-order valence-corrected chi connectivity index (χ3v) is 9.61. The number of thioether (sulfide) groups is 1. The van der Waals surface area contributed by atoms with Crippen LogP contribution in [0.3, 0.4) is 0 Å². The van der Waals surface area contributed by atoms with Crippen molar-refractivity contribution in [3.63, 3.8) is 0 Å². The molecule has 2 heterocycles. The van der Waals surface area contributed by atoms with Crippen LogP contribution in [0.1, 0.15) is 85.5 Å². The standard InChI is InChI=1S/C34H55N9O10S/c1-5-6-7-8-9-26(46)38-20(4)28(48)40-23-15-34(43-27(47)16-37-29(49)22(14-19(2)3)39-32(23)52)18-54-13-12-36-30(50)24(17-44)41-31(51)21(42-33(34)53)10-11-25(35)45/h12-13,19-24,44H,5-11,14-18H2,1-4H3,(H2,35,45)(H,36,50)(H,37,49)(H,38,46)(H,39,52)(H,40,48)(H,41,51)(H,42,53)(H,43,47)/b13-12-. The molecule has 0 bridgehead atoms. The molecule has 20 heteroatoms. The Morgan fingerprint density at radius 2 is 1.63 bits per heavy atom. The maximum Gasteiger partial charge on any atom is 0.248 e. The minimum absolute atomic E-state index is 0.0919. The van der Waals surface area contributed by atoms with Crippen LogP contribution < -0.4 is 48.3 Å². The molecule has 6 unspecified atom stereocenters. The number of unbranched alkanes of at least 4 members (excludes halogenated alkanes) is 3. The molecule has 0 saturated carbocycles. The van der Waals surface area contributed by atoms with E-state index in [0.29, 0.717) is 6.42 Å². The molecule has 2 rings (SSSR count). The van der Waals surface area contributed by atoms with Crippen LogP contribution in [-0.2, 0) is 43.2 Å². The number of carbonyl (C=O) groups excluding carboxylic acids is 9. The monoisotopic (exact) mass is 781 g/mol. The molecule has 54 heavy (non-hydrogen) atoms. The van der Waals surface area contributed by atoms with Gasteiger partial charge in [-0.2, -0.15) is 0 Å². The predicted octanol–water partition coefficient (Wildman–Crippen LogP) is -2.59. The molecular formula is C34H55N9O10S. The van der Waals surface area contributed by atoms with Crippen LogP contribution in [0, 0.1) is 5.92 Å². The van der Waals surface area contributed by atoms with E-state index >= 15 is 0 Å². The summed E-state index contributed by atoms with van der Waals surface area (Å²) in [4.78, 5) is 119. The van der Waals surface area contributed by atoms with E-state index in [1.54, 1.807) is 0 Å². The molecular weight excluding hydrogens is 726 g/mol. The second-order valence-electron chi connectivity index (χ2n) is 13.8. The van der Waals surface area contributed by atoms with Gasteiger partial charge in [-0.25, -0.2) is 0 Å². The molecule has 1 fully saturated rings. The van der Waals surface area contributed by atoms with Gasteiger partial charge < -0.3 is 53.4 Å². The van der Waals surface area contributed by atoms with Gasteiger partial charge in [-0.3, -0.25) is 43.2 Å². The Bertz CT molecular complexity index is 1430. The topological polar surface area (TPSA) is 296 Å². The largest absolute Gasteiger partial charge is 0.394 e. The van der Waals surface area contributed by atoms with E-state index in [-0.39, 0.29) is 36.8 Å². The molecule has 302 valence electrons. The highest BCUT2D eigenvalue weighted by Crippen LogP contribution is 2.24. The lowest BCUT2D eigenvalue weighted by molar-refractivity contribution is -0.138. The van der Waals surface area contributed by atoms with E-state index in [0.717, 1.165) is 31.0 Å².